The predicted octanol–water partition coefficient (Wildman–Crippen LogP) is 3.33. The normalized spacial score (nSPS) is 10.6. The Balaban J connectivity index is 2.08. The zero-order valence-corrected chi connectivity index (χ0v) is 14.9. The number of benzene rings is 1. The van der Waals surface area contributed by atoms with E-state index in [0.717, 1.165) is 22.0 Å². The highest BCUT2D eigenvalue weighted by Gasteiger charge is 2.18. The summed E-state index contributed by atoms with van der Waals surface area (Å²) in [5.74, 6) is 1.25. The van der Waals surface area contributed by atoms with Gasteiger partial charge in [0, 0.05) is 6.92 Å². The molecule has 3 aromatic rings. The van der Waals surface area contributed by atoms with Crippen molar-refractivity contribution in [3.8, 4) is 22.1 Å². The minimum atomic E-state index is -0.163. The Morgan fingerprint density at radius 1 is 1.38 bits per heavy atom. The van der Waals surface area contributed by atoms with Gasteiger partial charge in [-0.1, -0.05) is 11.3 Å². The SMILES string of the molecule is COc1ccc(-n2c(-c3sc(NC(C)=O)nc3C)n[nH]c2=S)cc1. The summed E-state index contributed by atoms with van der Waals surface area (Å²) in [6.07, 6.45) is 0. The first-order chi connectivity index (χ1) is 11.5. The van der Waals surface area contributed by atoms with E-state index in [1.165, 1.54) is 18.3 Å². The molecule has 0 radical (unpaired) electrons. The van der Waals surface area contributed by atoms with Crippen molar-refractivity contribution in [3.05, 3.63) is 34.7 Å². The number of nitrogens with one attached hydrogen (secondary N) is 2. The molecule has 0 saturated carbocycles. The first kappa shape index (κ1) is 16.3. The van der Waals surface area contributed by atoms with Crippen molar-refractivity contribution < 1.29 is 9.53 Å². The highest BCUT2D eigenvalue weighted by molar-refractivity contribution is 7.71. The number of nitrogens with zero attached hydrogens (tertiary/aromatic N) is 3. The molecule has 2 N–H and O–H groups in total. The first-order valence-electron chi connectivity index (χ1n) is 7.07. The molecule has 2 heterocycles. The molecule has 24 heavy (non-hydrogen) atoms. The lowest BCUT2D eigenvalue weighted by atomic mass is 10.3. The second-order valence-corrected chi connectivity index (χ2v) is 6.39. The maximum absolute atomic E-state index is 11.2. The molecule has 0 bridgehead atoms. The third-order valence-corrected chi connectivity index (χ3v) is 4.63. The van der Waals surface area contributed by atoms with E-state index in [9.17, 15) is 4.79 Å². The van der Waals surface area contributed by atoms with Crippen LogP contribution in [0.1, 0.15) is 12.6 Å². The van der Waals surface area contributed by atoms with Gasteiger partial charge in [0.05, 0.1) is 23.4 Å². The lowest BCUT2D eigenvalue weighted by molar-refractivity contribution is -0.114. The summed E-state index contributed by atoms with van der Waals surface area (Å²) >= 11 is 6.72. The minimum absolute atomic E-state index is 0.163. The Morgan fingerprint density at radius 3 is 2.71 bits per heavy atom. The molecule has 0 fully saturated rings. The molecule has 9 heteroatoms. The average Bonchev–Trinajstić information content (AvgIpc) is 3.09. The van der Waals surface area contributed by atoms with Crippen LogP contribution in [0.15, 0.2) is 24.3 Å². The number of carbonyl (C=O) groups is 1. The van der Waals surface area contributed by atoms with E-state index < -0.39 is 0 Å². The van der Waals surface area contributed by atoms with E-state index in [-0.39, 0.29) is 5.91 Å². The Hall–Kier alpha value is -2.52. The Bertz CT molecular complexity index is 940. The molecule has 0 saturated heterocycles. The Kier molecular flexibility index (Phi) is 4.45. The molecule has 1 aromatic carbocycles. The number of amides is 1. The number of aryl methyl sites for hydroxylation is 1. The molecule has 1 amide bonds. The predicted molar refractivity (Wildman–Crippen MR) is 95.4 cm³/mol. The summed E-state index contributed by atoms with van der Waals surface area (Å²) in [5.41, 5.74) is 1.63. The van der Waals surface area contributed by atoms with Crippen molar-refractivity contribution in [1.29, 1.82) is 0 Å². The van der Waals surface area contributed by atoms with Gasteiger partial charge in [-0.2, -0.15) is 5.10 Å². The maximum Gasteiger partial charge on any atom is 0.223 e. The van der Waals surface area contributed by atoms with E-state index in [1.54, 1.807) is 7.11 Å². The van der Waals surface area contributed by atoms with Crippen molar-refractivity contribution in [1.82, 2.24) is 19.7 Å². The number of ether oxygens (including phenoxy) is 1. The fraction of sp³-hybridized carbons (Fsp3) is 0.200. The van der Waals surface area contributed by atoms with Gasteiger partial charge in [0.15, 0.2) is 15.7 Å². The van der Waals surface area contributed by atoms with Gasteiger partial charge < -0.3 is 10.1 Å². The largest absolute Gasteiger partial charge is 0.497 e. The van der Waals surface area contributed by atoms with Crippen LogP contribution in [0.25, 0.3) is 16.4 Å². The summed E-state index contributed by atoms with van der Waals surface area (Å²) in [6.45, 7) is 3.32. The van der Waals surface area contributed by atoms with Crippen LogP contribution >= 0.6 is 23.6 Å². The molecule has 3 rings (SSSR count). The quantitative estimate of drug-likeness (QED) is 0.696. The number of hydrogen-bond acceptors (Lipinski definition) is 6. The van der Waals surface area contributed by atoms with E-state index >= 15 is 0 Å². The molecule has 0 aliphatic heterocycles. The summed E-state index contributed by atoms with van der Waals surface area (Å²) in [4.78, 5) is 16.4. The zero-order valence-electron chi connectivity index (χ0n) is 13.3. The molecule has 0 aliphatic carbocycles. The number of thiazole rings is 1. The van der Waals surface area contributed by atoms with Gasteiger partial charge in [-0.05, 0) is 43.4 Å². The smallest absolute Gasteiger partial charge is 0.223 e. The van der Waals surface area contributed by atoms with Crippen LogP contribution in [0.4, 0.5) is 5.13 Å². The first-order valence-corrected chi connectivity index (χ1v) is 8.29. The van der Waals surface area contributed by atoms with Gasteiger partial charge in [-0.3, -0.25) is 14.5 Å². The van der Waals surface area contributed by atoms with Crippen LogP contribution in [-0.4, -0.2) is 32.8 Å². The zero-order chi connectivity index (χ0) is 17.3. The standard InChI is InChI=1S/C15H15N5O2S2/c1-8-12(24-14(16-8)17-9(2)21)13-18-19-15(23)20(13)10-4-6-11(22-3)7-5-10/h4-7H,1-3H3,(H,19,23)(H,16,17,21). The number of anilines is 1. The lowest BCUT2D eigenvalue weighted by Gasteiger charge is -2.07. The molecular weight excluding hydrogens is 346 g/mol. The van der Waals surface area contributed by atoms with Crippen molar-refractivity contribution in [3.63, 3.8) is 0 Å². The fourth-order valence-electron chi connectivity index (χ4n) is 2.23. The molecule has 124 valence electrons. The summed E-state index contributed by atoms with van der Waals surface area (Å²) in [6, 6.07) is 7.52. The average molecular weight is 361 g/mol. The van der Waals surface area contributed by atoms with Gasteiger partial charge in [0.1, 0.15) is 5.75 Å². The second-order valence-electron chi connectivity index (χ2n) is 5.00. The molecule has 0 atom stereocenters. The summed E-state index contributed by atoms with van der Waals surface area (Å²) < 4.78 is 7.49. The van der Waals surface area contributed by atoms with Crippen LogP contribution in [0.2, 0.25) is 0 Å². The number of carbonyl (C=O) groups excluding carboxylic acids is 1. The Morgan fingerprint density at radius 2 is 2.08 bits per heavy atom. The third-order valence-electron chi connectivity index (χ3n) is 3.29. The topological polar surface area (TPSA) is 84.8 Å². The highest BCUT2D eigenvalue weighted by Crippen LogP contribution is 2.33. The van der Waals surface area contributed by atoms with Crippen molar-refractivity contribution in [2.45, 2.75) is 13.8 Å². The van der Waals surface area contributed by atoms with Gasteiger partial charge in [-0.15, -0.1) is 0 Å². The molecule has 2 aromatic heterocycles. The van der Waals surface area contributed by atoms with Crippen LogP contribution in [-0.2, 0) is 4.79 Å². The van der Waals surface area contributed by atoms with Gasteiger partial charge >= 0.3 is 0 Å². The summed E-state index contributed by atoms with van der Waals surface area (Å²) in [5, 5.41) is 10.4. The third kappa shape index (κ3) is 3.08. The summed E-state index contributed by atoms with van der Waals surface area (Å²) in [7, 11) is 1.62. The number of rotatable bonds is 4. The highest BCUT2D eigenvalue weighted by atomic mass is 32.1. The molecule has 0 aliphatic rings. The van der Waals surface area contributed by atoms with Crippen molar-refractivity contribution in [2.24, 2.45) is 0 Å². The lowest BCUT2D eigenvalue weighted by Crippen LogP contribution is -2.04. The molecule has 0 unspecified atom stereocenters. The minimum Gasteiger partial charge on any atom is -0.497 e. The monoisotopic (exact) mass is 361 g/mol. The van der Waals surface area contributed by atoms with E-state index in [2.05, 4.69) is 20.5 Å². The van der Waals surface area contributed by atoms with Crippen LogP contribution in [0.5, 0.6) is 5.75 Å². The van der Waals surface area contributed by atoms with Crippen LogP contribution in [0, 0.1) is 11.7 Å². The number of H-pyrrole nitrogens is 1. The van der Waals surface area contributed by atoms with E-state index in [4.69, 9.17) is 17.0 Å². The molecule has 7 nitrogen and oxygen atoms in total. The van der Waals surface area contributed by atoms with Gasteiger partial charge in [0.25, 0.3) is 0 Å². The maximum atomic E-state index is 11.2. The second kappa shape index (κ2) is 6.54. The van der Waals surface area contributed by atoms with Crippen LogP contribution in [0.3, 0.4) is 0 Å². The number of aromatic amines is 1. The van der Waals surface area contributed by atoms with E-state index in [1.807, 2.05) is 35.8 Å². The van der Waals surface area contributed by atoms with Gasteiger partial charge in [-0.25, -0.2) is 4.98 Å². The number of methoxy groups -OCH3 is 1. The molecular formula is C15H15N5O2S2. The fourth-order valence-corrected chi connectivity index (χ4v) is 3.46. The molecule has 0 spiro atoms. The van der Waals surface area contributed by atoms with Gasteiger partial charge in [0.2, 0.25) is 5.91 Å². The van der Waals surface area contributed by atoms with Crippen LogP contribution < -0.4 is 10.1 Å². The number of hydrogen-bond donors (Lipinski definition) is 2. The number of aromatic nitrogens is 4. The van der Waals surface area contributed by atoms with E-state index in [0.29, 0.717) is 15.7 Å². The Labute approximate surface area is 147 Å². The van der Waals surface area contributed by atoms with Crippen molar-refractivity contribution >= 4 is 34.6 Å². The van der Waals surface area contributed by atoms with Crippen molar-refractivity contribution in [2.75, 3.05) is 12.4 Å².